The number of likely N-dealkylation sites (N-methyl/N-ethyl adjacent to an activating group) is 1. The molecule has 168 valence electrons. The number of carbonyl (C=O) groups is 1. The Morgan fingerprint density at radius 2 is 1.73 bits per heavy atom. The first-order valence-corrected chi connectivity index (χ1v) is 11.1. The van der Waals surface area contributed by atoms with Crippen LogP contribution in [0.3, 0.4) is 0 Å². The number of carbonyl (C=O) groups excluding carboxylic acids is 1. The lowest BCUT2D eigenvalue weighted by Crippen LogP contribution is -2.48. The largest absolute Gasteiger partial charge is 0.357 e. The minimum absolute atomic E-state index is 0.0443. The van der Waals surface area contributed by atoms with Gasteiger partial charge in [-0.05, 0) is 65.4 Å². The highest BCUT2D eigenvalue weighted by molar-refractivity contribution is 5.86. The second-order valence-corrected chi connectivity index (χ2v) is 9.10. The van der Waals surface area contributed by atoms with Crippen LogP contribution in [0.1, 0.15) is 45.2 Å². The van der Waals surface area contributed by atoms with Gasteiger partial charge in [-0.15, -0.1) is 0 Å². The summed E-state index contributed by atoms with van der Waals surface area (Å²) in [5.41, 5.74) is 2.26. The van der Waals surface area contributed by atoms with Crippen molar-refractivity contribution in [1.82, 2.24) is 25.8 Å². The quantitative estimate of drug-likeness (QED) is 0.467. The first-order valence-electron chi connectivity index (χ1n) is 11.1. The lowest BCUT2D eigenvalue weighted by atomic mass is 10.1. The Hall–Kier alpha value is -2.12. The molecule has 0 radical (unpaired) electrons. The molecule has 1 saturated heterocycles. The van der Waals surface area contributed by atoms with Crippen LogP contribution in [0, 0.1) is 0 Å². The van der Waals surface area contributed by atoms with E-state index in [0.29, 0.717) is 12.5 Å². The van der Waals surface area contributed by atoms with Gasteiger partial charge in [0, 0.05) is 31.7 Å². The van der Waals surface area contributed by atoms with Gasteiger partial charge in [0.15, 0.2) is 5.96 Å². The van der Waals surface area contributed by atoms with Crippen molar-refractivity contribution in [3.8, 4) is 0 Å². The molecule has 1 heterocycles. The fourth-order valence-electron chi connectivity index (χ4n) is 3.40. The average Bonchev–Trinajstić information content (AvgIpc) is 2.88. The average molecular weight is 417 g/mol. The Kier molecular flexibility index (Phi) is 9.59. The Labute approximate surface area is 182 Å². The van der Waals surface area contributed by atoms with Crippen molar-refractivity contribution in [2.45, 2.75) is 52.7 Å². The molecule has 0 aromatic heterocycles. The molecule has 0 spiro atoms. The van der Waals surface area contributed by atoms with Gasteiger partial charge in [0.05, 0.1) is 13.1 Å². The second kappa shape index (κ2) is 11.9. The van der Waals surface area contributed by atoms with Gasteiger partial charge < -0.3 is 20.9 Å². The smallest absolute Gasteiger partial charge is 0.239 e. The van der Waals surface area contributed by atoms with E-state index in [0.717, 1.165) is 38.3 Å². The first kappa shape index (κ1) is 24.2. The number of nitrogens with zero attached hydrogens (tertiary/aromatic N) is 3. The van der Waals surface area contributed by atoms with Crippen molar-refractivity contribution in [1.29, 1.82) is 0 Å². The van der Waals surface area contributed by atoms with Crippen LogP contribution >= 0.6 is 0 Å². The zero-order chi connectivity index (χ0) is 22.0. The van der Waals surface area contributed by atoms with Gasteiger partial charge in [0.25, 0.3) is 0 Å². The zero-order valence-corrected chi connectivity index (χ0v) is 19.4. The van der Waals surface area contributed by atoms with Crippen molar-refractivity contribution in [2.75, 3.05) is 46.3 Å². The van der Waals surface area contributed by atoms with E-state index in [1.807, 2.05) is 27.7 Å². The van der Waals surface area contributed by atoms with E-state index in [1.165, 1.54) is 18.5 Å². The molecule has 3 N–H and O–H groups in total. The highest BCUT2D eigenvalue weighted by Gasteiger charge is 2.14. The fourth-order valence-corrected chi connectivity index (χ4v) is 3.40. The molecule has 1 aromatic carbocycles. The third-order valence-corrected chi connectivity index (χ3v) is 4.94. The van der Waals surface area contributed by atoms with Crippen LogP contribution in [0.4, 0.5) is 0 Å². The molecule has 1 aliphatic rings. The Morgan fingerprint density at radius 3 is 2.40 bits per heavy atom. The van der Waals surface area contributed by atoms with Crippen molar-refractivity contribution in [3.05, 3.63) is 35.4 Å². The summed E-state index contributed by atoms with van der Waals surface area (Å²) < 4.78 is 0. The summed E-state index contributed by atoms with van der Waals surface area (Å²) in [7, 11) is 2.20. The molecule has 0 unspecified atom stereocenters. The molecule has 1 fully saturated rings. The zero-order valence-electron chi connectivity index (χ0n) is 19.4. The molecule has 0 bridgehead atoms. The standard InChI is InChI=1S/C23H40N6O/c1-6-24-22(26-17-21(30)27-23(2,3)4)25-16-19-8-10-20(11-9-19)18-29-13-7-12-28(5)14-15-29/h8-11H,6-7,12-18H2,1-5H3,(H,27,30)(H2,24,25,26). The number of amides is 1. The first-order chi connectivity index (χ1) is 14.2. The van der Waals surface area contributed by atoms with Crippen molar-refractivity contribution < 1.29 is 4.79 Å². The van der Waals surface area contributed by atoms with Crippen molar-refractivity contribution >= 4 is 11.9 Å². The van der Waals surface area contributed by atoms with Gasteiger partial charge in [-0.2, -0.15) is 0 Å². The van der Waals surface area contributed by atoms with Crippen LogP contribution in [0.15, 0.2) is 29.3 Å². The maximum atomic E-state index is 12.0. The number of benzene rings is 1. The molecular weight excluding hydrogens is 376 g/mol. The second-order valence-electron chi connectivity index (χ2n) is 9.10. The number of hydrogen-bond acceptors (Lipinski definition) is 4. The van der Waals surface area contributed by atoms with Crippen LogP contribution in [0.25, 0.3) is 0 Å². The van der Waals surface area contributed by atoms with Gasteiger partial charge in [-0.3, -0.25) is 9.69 Å². The molecule has 0 saturated carbocycles. The predicted octanol–water partition coefficient (Wildman–Crippen LogP) is 1.79. The Bertz CT molecular complexity index is 680. The summed E-state index contributed by atoms with van der Waals surface area (Å²) in [6, 6.07) is 8.71. The molecule has 7 nitrogen and oxygen atoms in total. The SMILES string of the molecule is CCNC(=NCc1ccc(CN2CCCN(C)CC2)cc1)NCC(=O)NC(C)(C)C. The van der Waals surface area contributed by atoms with E-state index in [9.17, 15) is 4.79 Å². The number of rotatable bonds is 7. The minimum Gasteiger partial charge on any atom is -0.357 e. The number of guanidine groups is 1. The van der Waals surface area contributed by atoms with Gasteiger partial charge in [-0.1, -0.05) is 24.3 Å². The van der Waals surface area contributed by atoms with E-state index in [4.69, 9.17) is 0 Å². The van der Waals surface area contributed by atoms with Crippen molar-refractivity contribution in [3.63, 3.8) is 0 Å². The topological polar surface area (TPSA) is 72.0 Å². The maximum absolute atomic E-state index is 12.0. The number of nitrogens with one attached hydrogen (secondary N) is 3. The molecule has 1 amide bonds. The predicted molar refractivity (Wildman–Crippen MR) is 125 cm³/mol. The van der Waals surface area contributed by atoms with Gasteiger partial charge >= 0.3 is 0 Å². The Balaban J connectivity index is 1.85. The molecule has 2 rings (SSSR count). The fraction of sp³-hybridized carbons (Fsp3) is 0.652. The van der Waals surface area contributed by atoms with Gasteiger partial charge in [-0.25, -0.2) is 4.99 Å². The molecule has 1 aliphatic heterocycles. The summed E-state index contributed by atoms with van der Waals surface area (Å²) in [6.45, 7) is 15.1. The summed E-state index contributed by atoms with van der Waals surface area (Å²) in [5.74, 6) is 0.608. The third kappa shape index (κ3) is 9.59. The summed E-state index contributed by atoms with van der Waals surface area (Å²) in [4.78, 5) is 21.6. The van der Waals surface area contributed by atoms with E-state index in [-0.39, 0.29) is 18.0 Å². The molecule has 0 atom stereocenters. The van der Waals surface area contributed by atoms with E-state index in [1.54, 1.807) is 0 Å². The summed E-state index contributed by atoms with van der Waals surface area (Å²) in [6.07, 6.45) is 1.23. The van der Waals surface area contributed by atoms with E-state index >= 15 is 0 Å². The summed E-state index contributed by atoms with van der Waals surface area (Å²) in [5, 5.41) is 9.24. The molecule has 30 heavy (non-hydrogen) atoms. The van der Waals surface area contributed by atoms with Gasteiger partial charge in [0.2, 0.25) is 5.91 Å². The Morgan fingerprint density at radius 1 is 1.03 bits per heavy atom. The molecule has 0 aliphatic carbocycles. The highest BCUT2D eigenvalue weighted by atomic mass is 16.2. The highest BCUT2D eigenvalue weighted by Crippen LogP contribution is 2.11. The minimum atomic E-state index is -0.237. The normalized spacial score (nSPS) is 16.8. The van der Waals surface area contributed by atoms with Gasteiger partial charge in [0.1, 0.15) is 0 Å². The number of aliphatic imine (C=N–C) groups is 1. The monoisotopic (exact) mass is 416 g/mol. The van der Waals surface area contributed by atoms with Crippen molar-refractivity contribution in [2.24, 2.45) is 4.99 Å². The van der Waals surface area contributed by atoms with E-state index in [2.05, 4.69) is 62.1 Å². The summed E-state index contributed by atoms with van der Waals surface area (Å²) >= 11 is 0. The number of hydrogen-bond donors (Lipinski definition) is 3. The molecule has 7 heteroatoms. The van der Waals surface area contributed by atoms with Crippen LogP contribution in [0.5, 0.6) is 0 Å². The molecule has 1 aromatic rings. The van der Waals surface area contributed by atoms with E-state index < -0.39 is 0 Å². The maximum Gasteiger partial charge on any atom is 0.239 e. The lowest BCUT2D eigenvalue weighted by molar-refractivity contribution is -0.121. The third-order valence-electron chi connectivity index (χ3n) is 4.94. The lowest BCUT2D eigenvalue weighted by Gasteiger charge is -2.21. The van der Waals surface area contributed by atoms with Crippen LogP contribution in [-0.2, 0) is 17.9 Å². The van der Waals surface area contributed by atoms with Crippen LogP contribution < -0.4 is 16.0 Å². The van der Waals surface area contributed by atoms with Crippen LogP contribution in [-0.4, -0.2) is 73.5 Å². The molecular formula is C23H40N6O. The van der Waals surface area contributed by atoms with Crippen LogP contribution in [0.2, 0.25) is 0 Å².